The number of fused-ring (bicyclic) bond motifs is 2. The summed E-state index contributed by atoms with van der Waals surface area (Å²) in [6.07, 6.45) is 8.67. The molecule has 4 nitrogen and oxygen atoms in total. The molecule has 0 aliphatic heterocycles. The SMILES string of the molecule is C#CC(CC)(CC)NC(=O)[C@H]1[C@@H](C(=O)O)[C@H]2CC[C@@H]1C2=C(C)C. The highest BCUT2D eigenvalue weighted by atomic mass is 16.4. The maximum Gasteiger partial charge on any atom is 0.307 e. The summed E-state index contributed by atoms with van der Waals surface area (Å²) < 4.78 is 0. The van der Waals surface area contributed by atoms with E-state index in [1.54, 1.807) is 0 Å². The fourth-order valence-corrected chi connectivity index (χ4v) is 4.59. The molecule has 1 amide bonds. The molecule has 126 valence electrons. The van der Waals surface area contributed by atoms with Crippen molar-refractivity contribution in [3.8, 4) is 12.3 Å². The van der Waals surface area contributed by atoms with Crippen molar-refractivity contribution in [3.63, 3.8) is 0 Å². The van der Waals surface area contributed by atoms with E-state index in [-0.39, 0.29) is 17.7 Å². The topological polar surface area (TPSA) is 66.4 Å². The molecular formula is C19H27NO3. The second-order valence-electron chi connectivity index (χ2n) is 7.06. The van der Waals surface area contributed by atoms with Crippen molar-refractivity contribution in [1.82, 2.24) is 5.32 Å². The van der Waals surface area contributed by atoms with E-state index in [0.29, 0.717) is 12.8 Å². The molecule has 23 heavy (non-hydrogen) atoms. The highest BCUT2D eigenvalue weighted by Gasteiger charge is 2.57. The standard InChI is InChI=1S/C19H27NO3/c1-6-19(7-2,8-3)20-17(21)15-12-9-10-13(14(12)11(4)5)16(15)18(22)23/h1,12-13,15-16H,7-10H2,2-5H3,(H,20,21)(H,22,23)/t12-,13+,15-,16+/m1/s1. The Bertz CT molecular complexity index is 576. The molecule has 0 spiro atoms. The van der Waals surface area contributed by atoms with Crippen LogP contribution in [0.15, 0.2) is 11.1 Å². The van der Waals surface area contributed by atoms with Crippen LogP contribution >= 0.6 is 0 Å². The van der Waals surface area contributed by atoms with Crippen LogP contribution in [0.5, 0.6) is 0 Å². The lowest BCUT2D eigenvalue weighted by Crippen LogP contribution is -2.51. The van der Waals surface area contributed by atoms with Crippen LogP contribution in [0, 0.1) is 36.0 Å². The van der Waals surface area contributed by atoms with Gasteiger partial charge in [-0.3, -0.25) is 9.59 Å². The van der Waals surface area contributed by atoms with Crippen molar-refractivity contribution in [2.75, 3.05) is 0 Å². The third-order valence-corrected chi connectivity index (χ3v) is 5.85. The van der Waals surface area contributed by atoms with Crippen LogP contribution in [0.4, 0.5) is 0 Å². The summed E-state index contributed by atoms with van der Waals surface area (Å²) in [4.78, 5) is 24.7. The number of carbonyl (C=O) groups excluding carboxylic acids is 1. The number of hydrogen-bond donors (Lipinski definition) is 2. The fourth-order valence-electron chi connectivity index (χ4n) is 4.59. The zero-order valence-electron chi connectivity index (χ0n) is 14.5. The first-order valence-corrected chi connectivity index (χ1v) is 8.51. The Hall–Kier alpha value is -1.76. The van der Waals surface area contributed by atoms with Crippen LogP contribution in [0.25, 0.3) is 0 Å². The molecule has 2 bridgehead atoms. The van der Waals surface area contributed by atoms with Crippen LogP contribution < -0.4 is 5.32 Å². The summed E-state index contributed by atoms with van der Waals surface area (Å²) in [7, 11) is 0. The van der Waals surface area contributed by atoms with Gasteiger partial charge in [-0.05, 0) is 51.4 Å². The van der Waals surface area contributed by atoms with Gasteiger partial charge in [-0.2, -0.15) is 0 Å². The largest absolute Gasteiger partial charge is 0.481 e. The molecular weight excluding hydrogens is 290 g/mol. The highest BCUT2D eigenvalue weighted by molar-refractivity contribution is 5.88. The fraction of sp³-hybridized carbons (Fsp3) is 0.684. The molecule has 4 heteroatoms. The van der Waals surface area contributed by atoms with Crippen LogP contribution in [-0.4, -0.2) is 22.5 Å². The summed E-state index contributed by atoms with van der Waals surface area (Å²) in [5.41, 5.74) is 1.68. The molecule has 2 N–H and O–H groups in total. The Morgan fingerprint density at radius 3 is 2.13 bits per heavy atom. The number of hydrogen-bond acceptors (Lipinski definition) is 2. The average molecular weight is 317 g/mol. The summed E-state index contributed by atoms with van der Waals surface area (Å²) >= 11 is 0. The zero-order valence-corrected chi connectivity index (χ0v) is 14.5. The van der Waals surface area contributed by atoms with E-state index in [4.69, 9.17) is 6.42 Å². The highest BCUT2D eigenvalue weighted by Crippen LogP contribution is 2.57. The number of amides is 1. The Morgan fingerprint density at radius 1 is 1.22 bits per heavy atom. The predicted molar refractivity (Wildman–Crippen MR) is 89.5 cm³/mol. The molecule has 4 atom stereocenters. The third kappa shape index (κ3) is 2.78. The second kappa shape index (κ2) is 6.39. The smallest absolute Gasteiger partial charge is 0.307 e. The zero-order chi connectivity index (χ0) is 17.4. The van der Waals surface area contributed by atoms with E-state index in [0.717, 1.165) is 18.4 Å². The summed E-state index contributed by atoms with van der Waals surface area (Å²) in [6.45, 7) is 7.93. The first kappa shape index (κ1) is 17.6. The second-order valence-corrected chi connectivity index (χ2v) is 7.06. The third-order valence-electron chi connectivity index (χ3n) is 5.85. The van der Waals surface area contributed by atoms with Gasteiger partial charge in [0.05, 0.1) is 11.8 Å². The van der Waals surface area contributed by atoms with Crippen molar-refractivity contribution in [2.45, 2.75) is 58.9 Å². The summed E-state index contributed by atoms with van der Waals surface area (Å²) in [5, 5.41) is 12.7. The number of carboxylic acids is 1. The van der Waals surface area contributed by atoms with Crippen molar-refractivity contribution in [2.24, 2.45) is 23.7 Å². The minimum Gasteiger partial charge on any atom is -0.481 e. The molecule has 0 aromatic rings. The first-order chi connectivity index (χ1) is 10.8. The van der Waals surface area contributed by atoms with Crippen LogP contribution in [0.2, 0.25) is 0 Å². The van der Waals surface area contributed by atoms with Gasteiger partial charge >= 0.3 is 5.97 Å². The Labute approximate surface area is 138 Å². The molecule has 0 aromatic carbocycles. The molecule has 2 rings (SSSR count). The minimum atomic E-state index is -0.865. The molecule has 0 heterocycles. The number of nitrogens with one attached hydrogen (secondary N) is 1. The number of aliphatic carboxylic acids is 1. The van der Waals surface area contributed by atoms with E-state index >= 15 is 0 Å². The molecule has 2 aliphatic carbocycles. The monoisotopic (exact) mass is 317 g/mol. The summed E-state index contributed by atoms with van der Waals surface area (Å²) in [5.74, 6) is 0.577. The minimum absolute atomic E-state index is 0.00161. The average Bonchev–Trinajstić information content (AvgIpc) is 3.08. The van der Waals surface area contributed by atoms with Crippen LogP contribution in [-0.2, 0) is 9.59 Å². The lowest BCUT2D eigenvalue weighted by atomic mass is 9.78. The van der Waals surface area contributed by atoms with Crippen LogP contribution in [0.3, 0.4) is 0 Å². The molecule has 2 fully saturated rings. The molecule has 2 saturated carbocycles. The van der Waals surface area contributed by atoms with Gasteiger partial charge in [0.25, 0.3) is 0 Å². The predicted octanol–water partition coefficient (Wildman–Crippen LogP) is 2.99. The molecule has 2 aliphatic rings. The van der Waals surface area contributed by atoms with Crippen molar-refractivity contribution >= 4 is 11.9 Å². The Balaban J connectivity index is 2.34. The van der Waals surface area contributed by atoms with E-state index < -0.39 is 23.3 Å². The number of allylic oxidation sites excluding steroid dienone is 2. The lowest BCUT2D eigenvalue weighted by Gasteiger charge is -2.32. The molecule has 0 saturated heterocycles. The maximum atomic E-state index is 12.9. The normalized spacial score (nSPS) is 29.3. The first-order valence-electron chi connectivity index (χ1n) is 8.51. The Kier molecular flexibility index (Phi) is 4.89. The van der Waals surface area contributed by atoms with Gasteiger partial charge in [0.15, 0.2) is 0 Å². The van der Waals surface area contributed by atoms with Crippen molar-refractivity contribution < 1.29 is 14.7 Å². The van der Waals surface area contributed by atoms with Gasteiger partial charge in [0.2, 0.25) is 5.91 Å². The van der Waals surface area contributed by atoms with Crippen molar-refractivity contribution in [1.29, 1.82) is 0 Å². The maximum absolute atomic E-state index is 12.9. The van der Waals surface area contributed by atoms with Gasteiger partial charge in [-0.25, -0.2) is 0 Å². The number of terminal acetylenes is 1. The van der Waals surface area contributed by atoms with E-state index in [1.807, 2.05) is 27.7 Å². The van der Waals surface area contributed by atoms with Gasteiger partial charge in [-0.15, -0.1) is 6.42 Å². The van der Waals surface area contributed by atoms with Gasteiger partial charge in [-0.1, -0.05) is 30.9 Å². The van der Waals surface area contributed by atoms with Crippen LogP contribution in [0.1, 0.15) is 53.4 Å². The number of carbonyl (C=O) groups is 2. The quantitative estimate of drug-likeness (QED) is 0.605. The van der Waals surface area contributed by atoms with Gasteiger partial charge < -0.3 is 10.4 Å². The molecule has 0 unspecified atom stereocenters. The Morgan fingerprint density at radius 2 is 1.74 bits per heavy atom. The van der Waals surface area contributed by atoms with Gasteiger partial charge in [0.1, 0.15) is 5.54 Å². The molecule has 0 radical (unpaired) electrons. The lowest BCUT2D eigenvalue weighted by molar-refractivity contribution is -0.149. The van der Waals surface area contributed by atoms with Gasteiger partial charge in [0, 0.05) is 0 Å². The van der Waals surface area contributed by atoms with E-state index in [1.165, 1.54) is 5.57 Å². The summed E-state index contributed by atoms with van der Waals surface area (Å²) in [6, 6.07) is 0. The van der Waals surface area contributed by atoms with Crippen molar-refractivity contribution in [3.05, 3.63) is 11.1 Å². The van der Waals surface area contributed by atoms with E-state index in [9.17, 15) is 14.7 Å². The van der Waals surface area contributed by atoms with E-state index in [2.05, 4.69) is 11.2 Å². The number of carboxylic acid groups (broad SMARTS) is 1. The number of rotatable bonds is 5. The molecule has 0 aromatic heterocycles.